The molecule has 0 aliphatic rings. The Morgan fingerprint density at radius 1 is 1.29 bits per heavy atom. The number of carbonyl (C=O) groups is 1. The van der Waals surface area contributed by atoms with Gasteiger partial charge in [-0.05, 0) is 18.1 Å². The highest BCUT2D eigenvalue weighted by atomic mass is 19.1. The van der Waals surface area contributed by atoms with Gasteiger partial charge in [-0.25, -0.2) is 13.6 Å². The van der Waals surface area contributed by atoms with E-state index in [1.54, 1.807) is 13.8 Å². The van der Waals surface area contributed by atoms with Gasteiger partial charge in [0, 0.05) is 5.56 Å². The highest BCUT2D eigenvalue weighted by Crippen LogP contribution is 2.25. The molecule has 0 saturated heterocycles. The molecule has 0 aliphatic carbocycles. The quantitative estimate of drug-likeness (QED) is 0.796. The van der Waals surface area contributed by atoms with Crippen LogP contribution >= 0.6 is 0 Å². The summed E-state index contributed by atoms with van der Waals surface area (Å²) in [6.45, 7) is 3.23. The van der Waals surface area contributed by atoms with Crippen molar-refractivity contribution in [1.82, 2.24) is 0 Å². The molecule has 0 atom stereocenters. The predicted octanol–water partition coefficient (Wildman–Crippen LogP) is 2.79. The van der Waals surface area contributed by atoms with Crippen LogP contribution in [0, 0.1) is 11.6 Å². The van der Waals surface area contributed by atoms with Gasteiger partial charge in [0.05, 0.1) is 0 Å². The normalized spacial score (nSPS) is 10.6. The second-order valence-electron chi connectivity index (χ2n) is 3.28. The Labute approximate surface area is 80.2 Å². The van der Waals surface area contributed by atoms with Crippen LogP contribution < -0.4 is 0 Å². The first-order chi connectivity index (χ1) is 6.45. The van der Waals surface area contributed by atoms with E-state index in [9.17, 15) is 13.6 Å². The summed E-state index contributed by atoms with van der Waals surface area (Å²) in [4.78, 5) is 10.7. The molecule has 76 valence electrons. The first kappa shape index (κ1) is 10.6. The van der Waals surface area contributed by atoms with Crippen molar-refractivity contribution in [2.45, 2.75) is 19.8 Å². The van der Waals surface area contributed by atoms with Gasteiger partial charge in [-0.1, -0.05) is 13.8 Å². The molecular formula is C10H10F2O2. The minimum absolute atomic E-state index is 0.0856. The highest BCUT2D eigenvalue weighted by Gasteiger charge is 2.21. The third kappa shape index (κ3) is 1.73. The standard InChI is InChI=1S/C10H10F2O2/c1-5(2)8-6(11)3-4-7(12)9(8)10(13)14/h3-5H,1-2H3,(H,13,14). The molecule has 0 aromatic heterocycles. The van der Waals surface area contributed by atoms with Crippen LogP contribution in [0.1, 0.15) is 35.7 Å². The van der Waals surface area contributed by atoms with E-state index in [1.165, 1.54) is 0 Å². The highest BCUT2D eigenvalue weighted by molar-refractivity contribution is 5.90. The molecule has 2 nitrogen and oxygen atoms in total. The first-order valence-electron chi connectivity index (χ1n) is 4.16. The monoisotopic (exact) mass is 200 g/mol. The summed E-state index contributed by atoms with van der Waals surface area (Å²) in [6.07, 6.45) is 0. The van der Waals surface area contributed by atoms with Crippen LogP contribution in [0.15, 0.2) is 12.1 Å². The van der Waals surface area contributed by atoms with Gasteiger partial charge in [-0.3, -0.25) is 0 Å². The van der Waals surface area contributed by atoms with Crippen LogP contribution in [0.3, 0.4) is 0 Å². The van der Waals surface area contributed by atoms with E-state index in [-0.39, 0.29) is 11.5 Å². The fraction of sp³-hybridized carbons (Fsp3) is 0.300. The molecule has 1 aromatic carbocycles. The molecule has 1 rings (SSSR count). The summed E-state index contributed by atoms with van der Waals surface area (Å²) in [5.41, 5.74) is -0.655. The average molecular weight is 200 g/mol. The van der Waals surface area contributed by atoms with Gasteiger partial charge in [-0.2, -0.15) is 0 Å². The number of carboxylic acid groups (broad SMARTS) is 1. The minimum atomic E-state index is -1.44. The maximum Gasteiger partial charge on any atom is 0.339 e. The van der Waals surface area contributed by atoms with Crippen LogP contribution in [0.5, 0.6) is 0 Å². The van der Waals surface area contributed by atoms with E-state index in [1.807, 2.05) is 0 Å². The fourth-order valence-corrected chi connectivity index (χ4v) is 1.35. The summed E-state index contributed by atoms with van der Waals surface area (Å²) in [5, 5.41) is 8.71. The van der Waals surface area contributed by atoms with Gasteiger partial charge in [0.15, 0.2) is 0 Å². The molecule has 14 heavy (non-hydrogen) atoms. The van der Waals surface area contributed by atoms with Crippen LogP contribution in [0.2, 0.25) is 0 Å². The zero-order valence-corrected chi connectivity index (χ0v) is 7.84. The Morgan fingerprint density at radius 3 is 2.14 bits per heavy atom. The summed E-state index contributed by atoms with van der Waals surface area (Å²) in [6, 6.07) is 1.77. The number of carboxylic acids is 1. The lowest BCUT2D eigenvalue weighted by atomic mass is 9.96. The number of rotatable bonds is 2. The van der Waals surface area contributed by atoms with Crippen molar-refractivity contribution in [3.8, 4) is 0 Å². The van der Waals surface area contributed by atoms with E-state index in [2.05, 4.69) is 0 Å². The molecule has 4 heteroatoms. The molecular weight excluding hydrogens is 190 g/mol. The molecule has 0 spiro atoms. The van der Waals surface area contributed by atoms with Crippen molar-refractivity contribution in [2.75, 3.05) is 0 Å². The number of halogens is 2. The lowest BCUT2D eigenvalue weighted by Gasteiger charge is -2.11. The first-order valence-corrected chi connectivity index (χ1v) is 4.16. The number of benzene rings is 1. The molecule has 1 N–H and O–H groups in total. The van der Waals surface area contributed by atoms with Gasteiger partial charge in [0.2, 0.25) is 0 Å². The van der Waals surface area contributed by atoms with Crippen molar-refractivity contribution in [1.29, 1.82) is 0 Å². The molecule has 1 aromatic rings. The second-order valence-corrected chi connectivity index (χ2v) is 3.28. The van der Waals surface area contributed by atoms with Gasteiger partial charge in [0.1, 0.15) is 17.2 Å². The zero-order valence-electron chi connectivity index (χ0n) is 7.84. The van der Waals surface area contributed by atoms with Crippen molar-refractivity contribution in [3.63, 3.8) is 0 Å². The Hall–Kier alpha value is -1.45. The van der Waals surface area contributed by atoms with Gasteiger partial charge >= 0.3 is 5.97 Å². The van der Waals surface area contributed by atoms with Crippen LogP contribution in [-0.2, 0) is 0 Å². The van der Waals surface area contributed by atoms with Crippen molar-refractivity contribution in [2.24, 2.45) is 0 Å². The molecule has 0 bridgehead atoms. The summed E-state index contributed by atoms with van der Waals surface area (Å²) in [7, 11) is 0. The van der Waals surface area contributed by atoms with E-state index in [4.69, 9.17) is 5.11 Å². The zero-order chi connectivity index (χ0) is 10.9. The minimum Gasteiger partial charge on any atom is -0.478 e. The van der Waals surface area contributed by atoms with E-state index < -0.39 is 23.2 Å². The van der Waals surface area contributed by atoms with Crippen LogP contribution in [0.25, 0.3) is 0 Å². The van der Waals surface area contributed by atoms with Gasteiger partial charge in [0.25, 0.3) is 0 Å². The average Bonchev–Trinajstić information content (AvgIpc) is 2.07. The third-order valence-electron chi connectivity index (χ3n) is 1.93. The largest absolute Gasteiger partial charge is 0.478 e. The molecule has 0 heterocycles. The Morgan fingerprint density at radius 2 is 1.79 bits per heavy atom. The number of hydrogen-bond acceptors (Lipinski definition) is 1. The Bertz CT molecular complexity index is 373. The molecule has 0 fully saturated rings. The predicted molar refractivity (Wildman–Crippen MR) is 47.4 cm³/mol. The third-order valence-corrected chi connectivity index (χ3v) is 1.93. The maximum atomic E-state index is 13.2. The molecule has 0 amide bonds. The lowest BCUT2D eigenvalue weighted by Crippen LogP contribution is -2.09. The lowest BCUT2D eigenvalue weighted by molar-refractivity contribution is 0.0689. The van der Waals surface area contributed by atoms with E-state index in [0.29, 0.717) is 0 Å². The van der Waals surface area contributed by atoms with Crippen LogP contribution in [-0.4, -0.2) is 11.1 Å². The number of aromatic carboxylic acids is 1. The molecule has 0 aliphatic heterocycles. The summed E-state index contributed by atoms with van der Waals surface area (Å²) >= 11 is 0. The van der Waals surface area contributed by atoms with Gasteiger partial charge in [-0.15, -0.1) is 0 Å². The molecule has 0 radical (unpaired) electrons. The van der Waals surface area contributed by atoms with Crippen LogP contribution in [0.4, 0.5) is 8.78 Å². The Kier molecular flexibility index (Phi) is 2.84. The van der Waals surface area contributed by atoms with Crippen molar-refractivity contribution in [3.05, 3.63) is 34.9 Å². The topological polar surface area (TPSA) is 37.3 Å². The fourth-order valence-electron chi connectivity index (χ4n) is 1.35. The smallest absolute Gasteiger partial charge is 0.339 e. The van der Waals surface area contributed by atoms with E-state index in [0.717, 1.165) is 12.1 Å². The second kappa shape index (κ2) is 3.74. The summed E-state index contributed by atoms with van der Waals surface area (Å²) in [5.74, 6) is -3.39. The molecule has 0 saturated carbocycles. The van der Waals surface area contributed by atoms with E-state index >= 15 is 0 Å². The summed E-state index contributed by atoms with van der Waals surface area (Å²) < 4.78 is 26.3. The van der Waals surface area contributed by atoms with Crippen molar-refractivity contribution >= 4 is 5.97 Å². The van der Waals surface area contributed by atoms with Crippen molar-refractivity contribution < 1.29 is 18.7 Å². The maximum absolute atomic E-state index is 13.2. The number of hydrogen-bond donors (Lipinski definition) is 1. The molecule has 0 unspecified atom stereocenters. The SMILES string of the molecule is CC(C)c1c(F)ccc(F)c1C(=O)O. The Balaban J connectivity index is 3.50. The van der Waals surface area contributed by atoms with Gasteiger partial charge < -0.3 is 5.11 Å².